The van der Waals surface area contributed by atoms with Crippen LogP contribution in [-0.2, 0) is 9.53 Å². The summed E-state index contributed by atoms with van der Waals surface area (Å²) in [4.78, 5) is 51.8. The number of alkyl carbamates (subject to hydrolysis) is 1. The third-order valence-electron chi connectivity index (χ3n) is 6.18. The van der Waals surface area contributed by atoms with Crippen molar-refractivity contribution in [2.75, 3.05) is 44.2 Å². The number of unbranched alkanes of at least 4 members (excludes halogenated alkanes) is 1. The van der Waals surface area contributed by atoms with Gasteiger partial charge < -0.3 is 29.5 Å². The molecular formula is C23H27FN4O6S. The molecule has 2 aliphatic rings. The molecule has 3 heterocycles. The number of rotatable bonds is 7. The Morgan fingerprint density at radius 1 is 1.23 bits per heavy atom. The standard InChI is InChI=1S/C23H27FN4O6S/c1-3-4-9-34-23(33)25-12-18(29)27-7-5-26(6-8-27)17-11-16-14(10-15(17)24)20(30)19(22(31)32)21-28(16)13(2)35-21/h10-11,13H,3-9,12H2,1-2H3,(H,25,33)(H,31,32). The van der Waals surface area contributed by atoms with E-state index >= 15 is 4.39 Å². The lowest BCUT2D eigenvalue weighted by Crippen LogP contribution is -2.51. The monoisotopic (exact) mass is 506 g/mol. The maximum Gasteiger partial charge on any atom is 0.407 e. The summed E-state index contributed by atoms with van der Waals surface area (Å²) in [6.45, 7) is 5.40. The van der Waals surface area contributed by atoms with Crippen LogP contribution in [0.25, 0.3) is 10.9 Å². The molecule has 1 saturated heterocycles. The molecule has 188 valence electrons. The minimum atomic E-state index is -1.32. The number of aromatic carboxylic acids is 1. The molecule has 1 aromatic carbocycles. The van der Waals surface area contributed by atoms with Gasteiger partial charge in [-0.3, -0.25) is 9.59 Å². The molecule has 0 spiro atoms. The number of carbonyl (C=O) groups excluding carboxylic acids is 2. The lowest BCUT2D eigenvalue weighted by molar-refractivity contribution is -0.130. The fourth-order valence-corrected chi connectivity index (χ4v) is 5.44. The van der Waals surface area contributed by atoms with E-state index < -0.39 is 23.3 Å². The van der Waals surface area contributed by atoms with Crippen LogP contribution in [0.3, 0.4) is 0 Å². The van der Waals surface area contributed by atoms with E-state index in [2.05, 4.69) is 5.32 Å². The van der Waals surface area contributed by atoms with Crippen LogP contribution in [0.5, 0.6) is 0 Å². The van der Waals surface area contributed by atoms with E-state index in [1.54, 1.807) is 20.4 Å². The van der Waals surface area contributed by atoms with E-state index in [9.17, 15) is 24.3 Å². The third kappa shape index (κ3) is 4.79. The highest BCUT2D eigenvalue weighted by Crippen LogP contribution is 2.46. The molecule has 0 bridgehead atoms. The molecule has 2 aromatic rings. The van der Waals surface area contributed by atoms with Crippen LogP contribution in [0.2, 0.25) is 0 Å². The van der Waals surface area contributed by atoms with Crippen molar-refractivity contribution in [1.29, 1.82) is 0 Å². The summed E-state index contributed by atoms with van der Waals surface area (Å²) in [7, 11) is 0. The number of halogens is 1. The third-order valence-corrected chi connectivity index (χ3v) is 7.35. The topological polar surface area (TPSA) is 121 Å². The first-order valence-corrected chi connectivity index (χ1v) is 12.4. The predicted molar refractivity (Wildman–Crippen MR) is 129 cm³/mol. The minimum absolute atomic E-state index is 0.0326. The van der Waals surface area contributed by atoms with Crippen molar-refractivity contribution in [2.45, 2.75) is 37.1 Å². The summed E-state index contributed by atoms with van der Waals surface area (Å²) < 4.78 is 21.8. The van der Waals surface area contributed by atoms with Crippen molar-refractivity contribution < 1.29 is 28.6 Å². The van der Waals surface area contributed by atoms with E-state index in [4.69, 9.17) is 4.74 Å². The number of carboxylic acid groups (broad SMARTS) is 1. The van der Waals surface area contributed by atoms with Crippen LogP contribution in [0.15, 0.2) is 22.0 Å². The summed E-state index contributed by atoms with van der Waals surface area (Å²) in [5.41, 5.74) is -0.243. The van der Waals surface area contributed by atoms with E-state index in [1.165, 1.54) is 11.8 Å². The highest BCUT2D eigenvalue weighted by molar-refractivity contribution is 8.00. The zero-order chi connectivity index (χ0) is 25.3. The van der Waals surface area contributed by atoms with Crippen LogP contribution in [0, 0.1) is 5.82 Å². The number of hydrogen-bond acceptors (Lipinski definition) is 7. The summed E-state index contributed by atoms with van der Waals surface area (Å²) in [5.74, 6) is -2.20. The quantitative estimate of drug-likeness (QED) is 0.550. The number of amides is 2. The van der Waals surface area contributed by atoms with Crippen molar-refractivity contribution in [2.24, 2.45) is 0 Å². The molecule has 2 aliphatic heterocycles. The number of thioether (sulfide) groups is 1. The average molecular weight is 507 g/mol. The van der Waals surface area contributed by atoms with Crippen molar-refractivity contribution in [3.63, 3.8) is 0 Å². The minimum Gasteiger partial charge on any atom is -0.477 e. The first-order chi connectivity index (χ1) is 16.7. The number of pyridine rings is 1. The Hall–Kier alpha value is -3.28. The van der Waals surface area contributed by atoms with E-state index in [-0.39, 0.29) is 28.8 Å². The van der Waals surface area contributed by atoms with Crippen molar-refractivity contribution in [1.82, 2.24) is 14.8 Å². The largest absolute Gasteiger partial charge is 0.477 e. The van der Waals surface area contributed by atoms with E-state index in [1.807, 2.05) is 13.8 Å². The summed E-state index contributed by atoms with van der Waals surface area (Å²) in [5, 5.41) is 12.2. The molecule has 0 saturated carbocycles. The van der Waals surface area contributed by atoms with E-state index in [0.29, 0.717) is 49.0 Å². The number of hydrogen-bond donors (Lipinski definition) is 2. The van der Waals surface area contributed by atoms with Gasteiger partial charge in [0.25, 0.3) is 0 Å². The number of nitrogens with one attached hydrogen (secondary N) is 1. The Labute approximate surface area is 205 Å². The number of anilines is 1. The molecule has 0 radical (unpaired) electrons. The van der Waals surface area contributed by atoms with Gasteiger partial charge in [0.15, 0.2) is 0 Å². The molecule has 12 heteroatoms. The Kier molecular flexibility index (Phi) is 7.20. The summed E-state index contributed by atoms with van der Waals surface area (Å²) in [6, 6.07) is 2.69. The Bertz CT molecular complexity index is 1240. The maximum atomic E-state index is 15.1. The van der Waals surface area contributed by atoms with Gasteiger partial charge in [0.2, 0.25) is 11.3 Å². The van der Waals surface area contributed by atoms with Crippen molar-refractivity contribution in [3.05, 3.63) is 33.7 Å². The van der Waals surface area contributed by atoms with Crippen LogP contribution in [0.1, 0.15) is 42.4 Å². The van der Waals surface area contributed by atoms with Gasteiger partial charge in [0, 0.05) is 31.6 Å². The lowest BCUT2D eigenvalue weighted by atomic mass is 10.1. The molecule has 1 aromatic heterocycles. The highest BCUT2D eigenvalue weighted by atomic mass is 32.2. The molecule has 4 rings (SSSR count). The number of benzene rings is 1. The predicted octanol–water partition coefficient (Wildman–Crippen LogP) is 2.64. The molecule has 1 fully saturated rings. The second-order valence-electron chi connectivity index (χ2n) is 8.43. The van der Waals surface area contributed by atoms with Gasteiger partial charge in [-0.05, 0) is 25.5 Å². The van der Waals surface area contributed by atoms with Crippen LogP contribution >= 0.6 is 11.8 Å². The van der Waals surface area contributed by atoms with Gasteiger partial charge in [-0.2, -0.15) is 0 Å². The van der Waals surface area contributed by atoms with Gasteiger partial charge in [-0.15, -0.1) is 0 Å². The van der Waals surface area contributed by atoms with Gasteiger partial charge >= 0.3 is 12.1 Å². The molecular weight excluding hydrogens is 479 g/mol. The van der Waals surface area contributed by atoms with E-state index in [0.717, 1.165) is 18.9 Å². The van der Waals surface area contributed by atoms with Gasteiger partial charge in [-0.1, -0.05) is 25.1 Å². The molecule has 2 N–H and O–H groups in total. The lowest BCUT2D eigenvalue weighted by Gasteiger charge is -2.37. The van der Waals surface area contributed by atoms with Crippen molar-refractivity contribution >= 4 is 46.3 Å². The first kappa shape index (κ1) is 24.8. The molecule has 35 heavy (non-hydrogen) atoms. The Balaban J connectivity index is 1.46. The summed E-state index contributed by atoms with van der Waals surface area (Å²) in [6.07, 6.45) is 1.02. The SMILES string of the molecule is CCCCOC(=O)NCC(=O)N1CCN(c2cc3c(cc2F)c(=O)c(C(=O)O)c2n3C(C)S2)CC1. The molecule has 0 aliphatic carbocycles. The Morgan fingerprint density at radius 3 is 2.57 bits per heavy atom. The second kappa shape index (κ2) is 10.1. The van der Waals surface area contributed by atoms with Gasteiger partial charge in [-0.25, -0.2) is 14.0 Å². The second-order valence-corrected chi connectivity index (χ2v) is 9.74. The van der Waals surface area contributed by atoms with Gasteiger partial charge in [0.1, 0.15) is 17.9 Å². The Morgan fingerprint density at radius 2 is 1.94 bits per heavy atom. The fourth-order valence-electron chi connectivity index (χ4n) is 4.28. The number of nitrogens with zero attached hydrogens (tertiary/aromatic N) is 3. The fraction of sp³-hybridized carbons (Fsp3) is 0.478. The number of aromatic nitrogens is 1. The zero-order valence-electron chi connectivity index (χ0n) is 19.5. The van der Waals surface area contributed by atoms with Crippen molar-refractivity contribution in [3.8, 4) is 0 Å². The highest BCUT2D eigenvalue weighted by Gasteiger charge is 2.33. The number of piperazine rings is 1. The smallest absolute Gasteiger partial charge is 0.407 e. The number of carboxylic acids is 1. The molecule has 1 unspecified atom stereocenters. The number of carbonyl (C=O) groups is 3. The van der Waals surface area contributed by atoms with Crippen LogP contribution < -0.4 is 15.6 Å². The summed E-state index contributed by atoms with van der Waals surface area (Å²) >= 11 is 1.29. The normalized spacial score (nSPS) is 17.1. The zero-order valence-corrected chi connectivity index (χ0v) is 20.3. The molecule has 1 atom stereocenters. The number of fused-ring (bicyclic) bond motifs is 3. The van der Waals surface area contributed by atoms with Crippen LogP contribution in [0.4, 0.5) is 14.9 Å². The van der Waals surface area contributed by atoms with Crippen LogP contribution in [-0.4, -0.2) is 71.9 Å². The van der Waals surface area contributed by atoms with Gasteiger partial charge in [0.05, 0.1) is 28.2 Å². The maximum absolute atomic E-state index is 15.1. The first-order valence-electron chi connectivity index (χ1n) is 11.5. The number of ether oxygens (including phenoxy) is 1. The average Bonchev–Trinajstić information content (AvgIpc) is 2.82. The molecule has 2 amide bonds. The molecule has 10 nitrogen and oxygen atoms in total.